The van der Waals surface area contributed by atoms with Gasteiger partial charge in [0.2, 0.25) is 11.8 Å². The van der Waals surface area contributed by atoms with Gasteiger partial charge in [-0.15, -0.1) is 0 Å². The van der Waals surface area contributed by atoms with Gasteiger partial charge in [0.25, 0.3) is 0 Å². The largest absolute Gasteiger partial charge is 0.491 e. The van der Waals surface area contributed by atoms with Crippen molar-refractivity contribution in [3.8, 4) is 5.75 Å². The fraction of sp³-hybridized carbons (Fsp3) is 0.263. The Morgan fingerprint density at radius 2 is 1.68 bits per heavy atom. The van der Waals surface area contributed by atoms with Crippen molar-refractivity contribution in [3.63, 3.8) is 0 Å². The van der Waals surface area contributed by atoms with E-state index in [0.29, 0.717) is 16.4 Å². The zero-order valence-corrected chi connectivity index (χ0v) is 15.2. The molecule has 0 spiro atoms. The van der Waals surface area contributed by atoms with Crippen LogP contribution < -0.4 is 15.4 Å². The van der Waals surface area contributed by atoms with Gasteiger partial charge in [0.1, 0.15) is 12.2 Å². The summed E-state index contributed by atoms with van der Waals surface area (Å²) in [5.41, 5.74) is 2.08. The molecule has 0 unspecified atom stereocenters. The Labute approximate surface area is 152 Å². The summed E-state index contributed by atoms with van der Waals surface area (Å²) in [6, 6.07) is 12.2. The monoisotopic (exact) mass is 360 g/mol. The van der Waals surface area contributed by atoms with Gasteiger partial charge in [-0.3, -0.25) is 9.59 Å². The van der Waals surface area contributed by atoms with Crippen LogP contribution in [0.4, 0.5) is 11.4 Å². The van der Waals surface area contributed by atoms with Crippen LogP contribution in [0, 0.1) is 6.92 Å². The molecule has 2 rings (SSSR count). The topological polar surface area (TPSA) is 67.4 Å². The highest BCUT2D eigenvalue weighted by atomic mass is 35.5. The van der Waals surface area contributed by atoms with Gasteiger partial charge in [0.15, 0.2) is 0 Å². The Bertz CT molecular complexity index is 758. The number of aryl methyl sites for hydroxylation is 1. The molecule has 0 aliphatic rings. The third-order valence-corrected chi connectivity index (χ3v) is 3.53. The van der Waals surface area contributed by atoms with Crippen LogP contribution in [0.15, 0.2) is 42.5 Å². The van der Waals surface area contributed by atoms with Crippen molar-refractivity contribution in [1.82, 2.24) is 0 Å². The van der Waals surface area contributed by atoms with Crippen molar-refractivity contribution < 1.29 is 14.3 Å². The normalized spacial score (nSPS) is 10.4. The van der Waals surface area contributed by atoms with Gasteiger partial charge in [-0.2, -0.15) is 0 Å². The molecule has 0 aliphatic heterocycles. The molecule has 0 saturated heterocycles. The van der Waals surface area contributed by atoms with E-state index in [1.807, 2.05) is 20.8 Å². The van der Waals surface area contributed by atoms with Crippen molar-refractivity contribution in [2.24, 2.45) is 0 Å². The number of nitrogens with one attached hydrogen (secondary N) is 2. The van der Waals surface area contributed by atoms with Crippen molar-refractivity contribution >= 4 is 34.8 Å². The summed E-state index contributed by atoms with van der Waals surface area (Å²) in [5, 5.41) is 5.99. The molecular formula is C19H21ClN2O3. The highest BCUT2D eigenvalue weighted by Gasteiger charge is 2.11. The molecule has 0 heterocycles. The highest BCUT2D eigenvalue weighted by molar-refractivity contribution is 6.30. The average Bonchev–Trinajstić information content (AvgIpc) is 2.51. The summed E-state index contributed by atoms with van der Waals surface area (Å²) in [6.07, 6.45) is -0.188. The lowest BCUT2D eigenvalue weighted by Gasteiger charge is -2.11. The highest BCUT2D eigenvalue weighted by Crippen LogP contribution is 2.20. The minimum Gasteiger partial charge on any atom is -0.491 e. The van der Waals surface area contributed by atoms with Crippen LogP contribution in [-0.2, 0) is 9.59 Å². The summed E-state index contributed by atoms with van der Waals surface area (Å²) in [4.78, 5) is 24.0. The lowest BCUT2D eigenvalue weighted by Crippen LogP contribution is -2.21. The number of halogens is 1. The molecule has 0 radical (unpaired) electrons. The van der Waals surface area contributed by atoms with Crippen molar-refractivity contribution in [1.29, 1.82) is 0 Å². The molecule has 2 aromatic carbocycles. The number of anilines is 2. The molecule has 5 nitrogen and oxygen atoms in total. The molecule has 0 aromatic heterocycles. The number of benzene rings is 2. The molecule has 0 atom stereocenters. The first-order valence-corrected chi connectivity index (χ1v) is 8.34. The maximum atomic E-state index is 12.0. The van der Waals surface area contributed by atoms with Gasteiger partial charge in [-0.05, 0) is 68.8 Å². The van der Waals surface area contributed by atoms with Crippen LogP contribution >= 0.6 is 11.6 Å². The van der Waals surface area contributed by atoms with Crippen LogP contribution in [-0.4, -0.2) is 17.9 Å². The predicted octanol–water partition coefficient (Wildman–Crippen LogP) is 4.40. The average molecular weight is 361 g/mol. The zero-order valence-electron chi connectivity index (χ0n) is 14.4. The van der Waals surface area contributed by atoms with Crippen LogP contribution in [0.25, 0.3) is 0 Å². The van der Waals surface area contributed by atoms with Gasteiger partial charge >= 0.3 is 0 Å². The number of carbonyl (C=O) groups excluding carboxylic acids is 2. The Hall–Kier alpha value is -2.53. The van der Waals surface area contributed by atoms with Crippen LogP contribution in [0.3, 0.4) is 0 Å². The molecular weight excluding hydrogens is 340 g/mol. The number of hydrogen-bond donors (Lipinski definition) is 2. The number of carbonyl (C=O) groups is 2. The molecule has 0 saturated carbocycles. The number of hydrogen-bond acceptors (Lipinski definition) is 3. The molecule has 0 aliphatic carbocycles. The van der Waals surface area contributed by atoms with E-state index in [9.17, 15) is 9.59 Å². The summed E-state index contributed by atoms with van der Waals surface area (Å²) < 4.78 is 5.54. The molecule has 6 heteroatoms. The fourth-order valence-electron chi connectivity index (χ4n) is 2.20. The molecule has 2 N–H and O–H groups in total. The van der Waals surface area contributed by atoms with E-state index in [0.717, 1.165) is 11.3 Å². The first-order chi connectivity index (χ1) is 11.8. The van der Waals surface area contributed by atoms with E-state index in [1.54, 1.807) is 42.5 Å². The molecule has 0 bridgehead atoms. The summed E-state index contributed by atoms with van der Waals surface area (Å²) >= 11 is 5.88. The van der Waals surface area contributed by atoms with E-state index < -0.39 is 0 Å². The summed E-state index contributed by atoms with van der Waals surface area (Å²) in [6.45, 7) is 5.72. The van der Waals surface area contributed by atoms with Gasteiger partial charge in [0, 0.05) is 16.4 Å². The molecule has 0 fully saturated rings. The van der Waals surface area contributed by atoms with Gasteiger partial charge in [-0.1, -0.05) is 11.6 Å². The van der Waals surface area contributed by atoms with Crippen LogP contribution in [0.1, 0.15) is 25.8 Å². The van der Waals surface area contributed by atoms with Gasteiger partial charge in [-0.25, -0.2) is 0 Å². The minimum atomic E-state index is -0.387. The lowest BCUT2D eigenvalue weighted by atomic mass is 10.2. The first-order valence-electron chi connectivity index (χ1n) is 7.96. The first kappa shape index (κ1) is 18.8. The fourth-order valence-corrected chi connectivity index (χ4v) is 2.43. The Balaban J connectivity index is 1.87. The smallest absolute Gasteiger partial charge is 0.233 e. The summed E-state index contributed by atoms with van der Waals surface area (Å²) in [7, 11) is 0. The van der Waals surface area contributed by atoms with E-state index in [2.05, 4.69) is 10.6 Å². The minimum absolute atomic E-state index is 0.0838. The Morgan fingerprint density at radius 3 is 2.28 bits per heavy atom. The molecule has 2 amide bonds. The van der Waals surface area contributed by atoms with Crippen molar-refractivity contribution in [3.05, 3.63) is 53.1 Å². The third-order valence-electron chi connectivity index (χ3n) is 3.29. The quantitative estimate of drug-likeness (QED) is 0.750. The van der Waals surface area contributed by atoms with Gasteiger partial charge < -0.3 is 15.4 Å². The van der Waals surface area contributed by atoms with Crippen molar-refractivity contribution in [2.75, 3.05) is 10.6 Å². The lowest BCUT2D eigenvalue weighted by molar-refractivity contribution is -0.123. The molecule has 132 valence electrons. The summed E-state index contributed by atoms with van der Waals surface area (Å²) in [5.74, 6) is -0.0479. The SMILES string of the molecule is Cc1cc(Cl)ccc1NC(=O)CC(=O)Nc1ccc(OC(C)C)cc1. The molecule has 2 aromatic rings. The van der Waals surface area contributed by atoms with E-state index >= 15 is 0 Å². The van der Waals surface area contributed by atoms with E-state index in [4.69, 9.17) is 16.3 Å². The second-order valence-electron chi connectivity index (χ2n) is 5.92. The van der Waals surface area contributed by atoms with Crippen LogP contribution in [0.5, 0.6) is 5.75 Å². The number of rotatable bonds is 6. The standard InChI is InChI=1S/C19H21ClN2O3/c1-12(2)25-16-7-5-15(6-8-16)21-18(23)11-19(24)22-17-9-4-14(20)10-13(17)3/h4-10,12H,11H2,1-3H3,(H,21,23)(H,22,24). The second-order valence-corrected chi connectivity index (χ2v) is 6.36. The van der Waals surface area contributed by atoms with Gasteiger partial charge in [0.05, 0.1) is 6.10 Å². The molecule has 25 heavy (non-hydrogen) atoms. The van der Waals surface area contributed by atoms with E-state index in [-0.39, 0.29) is 24.3 Å². The Kier molecular flexibility index (Phi) is 6.42. The van der Waals surface area contributed by atoms with E-state index in [1.165, 1.54) is 0 Å². The number of ether oxygens (including phenoxy) is 1. The Morgan fingerprint density at radius 1 is 1.04 bits per heavy atom. The third kappa shape index (κ3) is 6.12. The number of amides is 2. The second kappa shape index (κ2) is 8.53. The van der Waals surface area contributed by atoms with Crippen LogP contribution in [0.2, 0.25) is 5.02 Å². The maximum absolute atomic E-state index is 12.0. The predicted molar refractivity (Wildman–Crippen MR) is 100 cm³/mol. The maximum Gasteiger partial charge on any atom is 0.233 e. The van der Waals surface area contributed by atoms with Crippen molar-refractivity contribution in [2.45, 2.75) is 33.3 Å². The zero-order chi connectivity index (χ0) is 18.4.